The van der Waals surface area contributed by atoms with Gasteiger partial charge in [-0.2, -0.15) is 0 Å². The zero-order valence-corrected chi connectivity index (χ0v) is 18.6. The van der Waals surface area contributed by atoms with Crippen LogP contribution in [0.1, 0.15) is 44.5 Å². The lowest BCUT2D eigenvalue weighted by Gasteiger charge is -2.32. The number of hydrogen-bond donors (Lipinski definition) is 0. The van der Waals surface area contributed by atoms with Crippen molar-refractivity contribution in [2.75, 3.05) is 20.1 Å². The van der Waals surface area contributed by atoms with Crippen LogP contribution in [0.4, 0.5) is 0 Å². The maximum Gasteiger partial charge on any atom is 0.263 e. The molecule has 154 valence electrons. The Kier molecular flexibility index (Phi) is 4.95. The van der Waals surface area contributed by atoms with E-state index < -0.39 is 0 Å². The first-order valence-electron chi connectivity index (χ1n) is 10.7. The zero-order chi connectivity index (χ0) is 20.8. The summed E-state index contributed by atoms with van der Waals surface area (Å²) < 4.78 is 2.03. The van der Waals surface area contributed by atoms with Crippen LogP contribution in [0.2, 0.25) is 0 Å². The SMILES string of the molecule is CC(C)c1nc2scc(-c3ccc4ccccc4c3)c2c(=O)n1C1CCN(C)CC1. The molecule has 2 aromatic heterocycles. The first-order valence-corrected chi connectivity index (χ1v) is 11.6. The van der Waals surface area contributed by atoms with Gasteiger partial charge in [-0.3, -0.25) is 9.36 Å². The van der Waals surface area contributed by atoms with Crippen molar-refractivity contribution < 1.29 is 0 Å². The fraction of sp³-hybridized carbons (Fsp3) is 0.360. The summed E-state index contributed by atoms with van der Waals surface area (Å²) in [6, 6.07) is 15.0. The first kappa shape index (κ1) is 19.5. The minimum absolute atomic E-state index is 0.127. The molecular weight excluding hydrogens is 390 g/mol. The molecule has 1 aliphatic rings. The highest BCUT2D eigenvalue weighted by atomic mass is 32.1. The normalized spacial score (nSPS) is 16.1. The van der Waals surface area contributed by atoms with Gasteiger partial charge < -0.3 is 4.90 Å². The Morgan fingerprint density at radius 3 is 2.53 bits per heavy atom. The van der Waals surface area contributed by atoms with Gasteiger partial charge in [0, 0.05) is 22.9 Å². The number of thiophene rings is 1. The largest absolute Gasteiger partial charge is 0.306 e. The van der Waals surface area contributed by atoms with Gasteiger partial charge in [0.2, 0.25) is 0 Å². The van der Waals surface area contributed by atoms with E-state index in [0.29, 0.717) is 0 Å². The van der Waals surface area contributed by atoms with E-state index in [-0.39, 0.29) is 17.5 Å². The average Bonchev–Trinajstić information content (AvgIpc) is 3.18. The van der Waals surface area contributed by atoms with Gasteiger partial charge in [-0.1, -0.05) is 50.2 Å². The van der Waals surface area contributed by atoms with Crippen molar-refractivity contribution in [3.63, 3.8) is 0 Å². The first-order chi connectivity index (χ1) is 14.5. The molecule has 5 rings (SSSR count). The Hall–Kier alpha value is -2.50. The maximum atomic E-state index is 13.9. The molecule has 0 saturated carbocycles. The van der Waals surface area contributed by atoms with Crippen molar-refractivity contribution in [1.82, 2.24) is 14.5 Å². The highest BCUT2D eigenvalue weighted by molar-refractivity contribution is 7.17. The lowest BCUT2D eigenvalue weighted by molar-refractivity contribution is 0.215. The van der Waals surface area contributed by atoms with Gasteiger partial charge in [-0.05, 0) is 55.4 Å². The summed E-state index contributed by atoms with van der Waals surface area (Å²) in [4.78, 5) is 22.1. The molecule has 0 unspecified atom stereocenters. The van der Waals surface area contributed by atoms with Crippen LogP contribution in [0.3, 0.4) is 0 Å². The van der Waals surface area contributed by atoms with Gasteiger partial charge in [0.1, 0.15) is 10.7 Å². The van der Waals surface area contributed by atoms with E-state index in [9.17, 15) is 4.79 Å². The Morgan fingerprint density at radius 2 is 1.80 bits per heavy atom. The molecule has 5 heteroatoms. The number of piperidine rings is 1. The van der Waals surface area contributed by atoms with Gasteiger partial charge in [-0.15, -0.1) is 11.3 Å². The highest BCUT2D eigenvalue weighted by Crippen LogP contribution is 2.34. The molecule has 0 N–H and O–H groups in total. The Morgan fingerprint density at radius 1 is 1.07 bits per heavy atom. The van der Waals surface area contributed by atoms with Crippen LogP contribution in [0, 0.1) is 0 Å². The van der Waals surface area contributed by atoms with E-state index in [0.717, 1.165) is 53.1 Å². The molecule has 3 heterocycles. The average molecular weight is 418 g/mol. The number of fused-ring (bicyclic) bond motifs is 2. The topological polar surface area (TPSA) is 38.1 Å². The predicted octanol–water partition coefficient (Wildman–Crippen LogP) is 5.67. The van der Waals surface area contributed by atoms with Crippen LogP contribution in [-0.4, -0.2) is 34.6 Å². The van der Waals surface area contributed by atoms with Crippen LogP contribution in [-0.2, 0) is 0 Å². The summed E-state index contributed by atoms with van der Waals surface area (Å²) in [5.41, 5.74) is 2.23. The molecular formula is C25H27N3OS. The molecule has 0 radical (unpaired) electrons. The van der Waals surface area contributed by atoms with Crippen LogP contribution >= 0.6 is 11.3 Å². The summed E-state index contributed by atoms with van der Waals surface area (Å²) >= 11 is 1.58. The number of benzene rings is 2. The molecule has 30 heavy (non-hydrogen) atoms. The van der Waals surface area contributed by atoms with Crippen molar-refractivity contribution in [3.05, 3.63) is 64.0 Å². The second-order valence-electron chi connectivity index (χ2n) is 8.73. The number of aromatic nitrogens is 2. The molecule has 1 aliphatic heterocycles. The number of rotatable bonds is 3. The summed E-state index contributed by atoms with van der Waals surface area (Å²) in [7, 11) is 2.15. The van der Waals surface area contributed by atoms with E-state index >= 15 is 0 Å². The van der Waals surface area contributed by atoms with Gasteiger partial charge >= 0.3 is 0 Å². The fourth-order valence-corrected chi connectivity index (χ4v) is 5.55. The molecule has 0 spiro atoms. The third-order valence-electron chi connectivity index (χ3n) is 6.30. The summed E-state index contributed by atoms with van der Waals surface area (Å²) in [5.74, 6) is 1.14. The van der Waals surface area contributed by atoms with Crippen LogP contribution < -0.4 is 5.56 Å². The molecule has 1 saturated heterocycles. The standard InChI is InChI=1S/C25H27N3OS/c1-16(2)23-26-24-22(25(29)28(23)20-10-12-27(3)13-11-20)21(15-30-24)19-9-8-17-6-4-5-7-18(17)14-19/h4-9,14-16,20H,10-13H2,1-3H3. The summed E-state index contributed by atoms with van der Waals surface area (Å²) in [5, 5.41) is 5.28. The second-order valence-corrected chi connectivity index (χ2v) is 9.58. The highest BCUT2D eigenvalue weighted by Gasteiger charge is 2.26. The van der Waals surface area contributed by atoms with Crippen LogP contribution in [0.25, 0.3) is 32.1 Å². The van der Waals surface area contributed by atoms with E-state index in [2.05, 4.69) is 73.6 Å². The lowest BCUT2D eigenvalue weighted by atomic mass is 10.0. The molecule has 0 bridgehead atoms. The van der Waals surface area contributed by atoms with Gasteiger partial charge in [-0.25, -0.2) is 4.98 Å². The molecule has 4 aromatic rings. The Labute approximate surface area is 180 Å². The van der Waals surface area contributed by atoms with Gasteiger partial charge in [0.15, 0.2) is 0 Å². The molecule has 1 fully saturated rings. The van der Waals surface area contributed by atoms with E-state index in [1.54, 1.807) is 11.3 Å². The van der Waals surface area contributed by atoms with Crippen LogP contribution in [0.15, 0.2) is 52.6 Å². The molecule has 2 aromatic carbocycles. The smallest absolute Gasteiger partial charge is 0.263 e. The molecule has 0 atom stereocenters. The van der Waals surface area contributed by atoms with Crippen molar-refractivity contribution in [1.29, 1.82) is 0 Å². The van der Waals surface area contributed by atoms with Crippen molar-refractivity contribution in [3.8, 4) is 11.1 Å². The molecule has 0 amide bonds. The Bertz CT molecular complexity index is 1280. The van der Waals surface area contributed by atoms with E-state index in [1.807, 2.05) is 4.57 Å². The van der Waals surface area contributed by atoms with Crippen molar-refractivity contribution >= 4 is 32.3 Å². The summed E-state index contributed by atoms with van der Waals surface area (Å²) in [6.45, 7) is 6.31. The lowest BCUT2D eigenvalue weighted by Crippen LogP contribution is -2.37. The van der Waals surface area contributed by atoms with Gasteiger partial charge in [0.25, 0.3) is 5.56 Å². The van der Waals surface area contributed by atoms with E-state index in [1.165, 1.54) is 10.8 Å². The molecule has 4 nitrogen and oxygen atoms in total. The molecule has 0 aliphatic carbocycles. The minimum atomic E-state index is 0.127. The Balaban J connectivity index is 1.71. The third-order valence-corrected chi connectivity index (χ3v) is 7.17. The van der Waals surface area contributed by atoms with Crippen LogP contribution in [0.5, 0.6) is 0 Å². The monoisotopic (exact) mass is 417 g/mol. The quantitative estimate of drug-likeness (QED) is 0.431. The van der Waals surface area contributed by atoms with Gasteiger partial charge in [0.05, 0.1) is 5.39 Å². The second kappa shape index (κ2) is 7.64. The zero-order valence-electron chi connectivity index (χ0n) is 17.8. The number of hydrogen-bond acceptors (Lipinski definition) is 4. The summed E-state index contributed by atoms with van der Waals surface area (Å²) in [6.07, 6.45) is 2.00. The van der Waals surface area contributed by atoms with E-state index in [4.69, 9.17) is 4.98 Å². The minimum Gasteiger partial charge on any atom is -0.306 e. The predicted molar refractivity (Wildman–Crippen MR) is 127 cm³/mol. The number of likely N-dealkylation sites (tertiary alicyclic amines) is 1. The van der Waals surface area contributed by atoms with Crippen molar-refractivity contribution in [2.24, 2.45) is 0 Å². The third kappa shape index (κ3) is 3.26. The fourth-order valence-electron chi connectivity index (χ4n) is 4.60. The maximum absolute atomic E-state index is 13.9. The number of nitrogens with zero attached hydrogens (tertiary/aromatic N) is 3. The van der Waals surface area contributed by atoms with Crippen molar-refractivity contribution in [2.45, 2.75) is 38.6 Å².